The number of fused-ring (bicyclic) bond motifs is 1. The van der Waals surface area contributed by atoms with E-state index in [0.29, 0.717) is 0 Å². The van der Waals surface area contributed by atoms with Gasteiger partial charge < -0.3 is 9.97 Å². The van der Waals surface area contributed by atoms with Crippen molar-refractivity contribution in [3.8, 4) is 22.6 Å². The van der Waals surface area contributed by atoms with Gasteiger partial charge in [0.2, 0.25) is 0 Å². The number of H-pyrrole nitrogens is 2. The number of hydrogen-bond donors (Lipinski definition) is 2. The van der Waals surface area contributed by atoms with Gasteiger partial charge in [-0.1, -0.05) is 42.0 Å². The average molecular weight is 273 g/mol. The van der Waals surface area contributed by atoms with Crippen LogP contribution in [-0.2, 0) is 0 Å². The second-order valence-electron chi connectivity index (χ2n) is 5.26. The van der Waals surface area contributed by atoms with E-state index in [1.54, 1.807) is 0 Å². The zero-order chi connectivity index (χ0) is 14.2. The third kappa shape index (κ3) is 2.03. The van der Waals surface area contributed by atoms with Crippen molar-refractivity contribution in [2.24, 2.45) is 0 Å². The molecule has 0 saturated carbocycles. The maximum absolute atomic E-state index is 4.52. The molecule has 0 atom stereocenters. The van der Waals surface area contributed by atoms with E-state index in [1.165, 1.54) is 10.9 Å². The molecule has 0 spiro atoms. The molecule has 4 rings (SSSR count). The molecule has 0 amide bonds. The largest absolute Gasteiger partial charge is 0.360 e. The smallest absolute Gasteiger partial charge is 0.137 e. The van der Waals surface area contributed by atoms with E-state index in [2.05, 4.69) is 64.3 Å². The number of rotatable bonds is 2. The number of nitrogens with one attached hydrogen (secondary N) is 2. The van der Waals surface area contributed by atoms with E-state index in [9.17, 15) is 0 Å². The van der Waals surface area contributed by atoms with Crippen molar-refractivity contribution in [2.45, 2.75) is 6.92 Å². The summed E-state index contributed by atoms with van der Waals surface area (Å²) in [5.41, 5.74) is 5.67. The van der Waals surface area contributed by atoms with Crippen molar-refractivity contribution in [2.75, 3.05) is 0 Å². The molecule has 3 heteroatoms. The molecule has 2 N–H and O–H groups in total. The van der Waals surface area contributed by atoms with Crippen molar-refractivity contribution >= 4 is 10.9 Å². The molecule has 0 bridgehead atoms. The summed E-state index contributed by atoms with van der Waals surface area (Å²) in [6.07, 6.45) is 3.92. The predicted molar refractivity (Wildman–Crippen MR) is 86.1 cm³/mol. The Balaban J connectivity index is 1.81. The lowest BCUT2D eigenvalue weighted by Gasteiger charge is -1.99. The number of aryl methyl sites for hydroxylation is 1. The Morgan fingerprint density at radius 3 is 2.81 bits per heavy atom. The Morgan fingerprint density at radius 2 is 1.90 bits per heavy atom. The van der Waals surface area contributed by atoms with Gasteiger partial charge >= 0.3 is 0 Å². The van der Waals surface area contributed by atoms with E-state index in [4.69, 9.17) is 0 Å². The molecule has 0 aliphatic rings. The topological polar surface area (TPSA) is 44.5 Å². The van der Waals surface area contributed by atoms with Crippen LogP contribution in [0.2, 0.25) is 0 Å². The molecule has 0 unspecified atom stereocenters. The second kappa shape index (κ2) is 4.63. The molecule has 2 aromatic heterocycles. The Morgan fingerprint density at radius 1 is 1.00 bits per heavy atom. The minimum Gasteiger partial charge on any atom is -0.360 e. The summed E-state index contributed by atoms with van der Waals surface area (Å²) >= 11 is 0. The van der Waals surface area contributed by atoms with Gasteiger partial charge in [-0.2, -0.15) is 0 Å². The van der Waals surface area contributed by atoms with Gasteiger partial charge in [0.25, 0.3) is 0 Å². The number of hydrogen-bond acceptors (Lipinski definition) is 1. The lowest BCUT2D eigenvalue weighted by molar-refractivity contribution is 1.30. The number of benzene rings is 2. The van der Waals surface area contributed by atoms with Crippen LogP contribution in [0.1, 0.15) is 5.56 Å². The van der Waals surface area contributed by atoms with Crippen molar-refractivity contribution in [1.29, 1.82) is 0 Å². The first kappa shape index (κ1) is 12.0. The third-order valence-corrected chi connectivity index (χ3v) is 3.75. The Bertz CT molecular complexity index is 915. The van der Waals surface area contributed by atoms with Crippen molar-refractivity contribution < 1.29 is 0 Å². The summed E-state index contributed by atoms with van der Waals surface area (Å²) in [7, 11) is 0. The van der Waals surface area contributed by atoms with Gasteiger partial charge in [0.1, 0.15) is 5.82 Å². The minimum atomic E-state index is 0.902. The highest BCUT2D eigenvalue weighted by Crippen LogP contribution is 2.28. The molecule has 2 aromatic carbocycles. The molecule has 0 radical (unpaired) electrons. The summed E-state index contributed by atoms with van der Waals surface area (Å²) < 4.78 is 0. The third-order valence-electron chi connectivity index (χ3n) is 3.75. The van der Waals surface area contributed by atoms with Crippen LogP contribution in [0.5, 0.6) is 0 Å². The molecule has 102 valence electrons. The molecule has 3 nitrogen and oxygen atoms in total. The summed E-state index contributed by atoms with van der Waals surface area (Å²) in [5.74, 6) is 0.902. The van der Waals surface area contributed by atoms with Crippen molar-refractivity contribution in [1.82, 2.24) is 15.0 Å². The quantitative estimate of drug-likeness (QED) is 0.553. The first-order valence-electron chi connectivity index (χ1n) is 7.00. The highest BCUT2D eigenvalue weighted by molar-refractivity contribution is 5.94. The maximum atomic E-state index is 4.52. The molecule has 0 fully saturated rings. The first-order valence-corrected chi connectivity index (χ1v) is 7.00. The van der Waals surface area contributed by atoms with Gasteiger partial charge in [-0.05, 0) is 19.1 Å². The van der Waals surface area contributed by atoms with Gasteiger partial charge in [0.05, 0.1) is 11.9 Å². The zero-order valence-corrected chi connectivity index (χ0v) is 11.7. The van der Waals surface area contributed by atoms with E-state index in [0.717, 1.165) is 28.2 Å². The molecular weight excluding hydrogens is 258 g/mol. The van der Waals surface area contributed by atoms with Crippen LogP contribution < -0.4 is 0 Å². The van der Waals surface area contributed by atoms with Crippen LogP contribution in [0.4, 0.5) is 0 Å². The normalized spacial score (nSPS) is 11.1. The van der Waals surface area contributed by atoms with Gasteiger partial charge in [-0.3, -0.25) is 0 Å². The predicted octanol–water partition coefficient (Wildman–Crippen LogP) is 4.53. The number of para-hydroxylation sites is 1. The zero-order valence-electron chi connectivity index (χ0n) is 11.7. The molecule has 2 heterocycles. The van der Waals surface area contributed by atoms with Crippen LogP contribution in [0.3, 0.4) is 0 Å². The molecular formula is C18H15N3. The van der Waals surface area contributed by atoms with Crippen molar-refractivity contribution in [3.05, 3.63) is 66.5 Å². The fourth-order valence-electron chi connectivity index (χ4n) is 2.69. The van der Waals surface area contributed by atoms with Crippen molar-refractivity contribution in [3.63, 3.8) is 0 Å². The number of aromatic amines is 2. The first-order chi connectivity index (χ1) is 10.3. The molecule has 0 aliphatic carbocycles. The van der Waals surface area contributed by atoms with E-state index >= 15 is 0 Å². The monoisotopic (exact) mass is 273 g/mol. The Hall–Kier alpha value is -2.81. The van der Waals surface area contributed by atoms with Gasteiger partial charge in [-0.15, -0.1) is 0 Å². The standard InChI is InChI=1S/C18H15N3/c1-12-5-4-6-13(9-12)18-20-11-17(21-18)15-10-19-16-8-3-2-7-14(15)16/h2-11,19H,1H3,(H,20,21). The summed E-state index contributed by atoms with van der Waals surface area (Å²) in [6, 6.07) is 16.6. The highest BCUT2D eigenvalue weighted by atomic mass is 14.9. The van der Waals surface area contributed by atoms with E-state index in [-0.39, 0.29) is 0 Å². The average Bonchev–Trinajstić information content (AvgIpc) is 3.14. The van der Waals surface area contributed by atoms with Crippen LogP contribution in [-0.4, -0.2) is 15.0 Å². The lowest BCUT2D eigenvalue weighted by Crippen LogP contribution is -1.82. The van der Waals surface area contributed by atoms with E-state index in [1.807, 2.05) is 18.5 Å². The van der Waals surface area contributed by atoms with E-state index < -0.39 is 0 Å². The van der Waals surface area contributed by atoms with Gasteiger partial charge in [0, 0.05) is 28.2 Å². The second-order valence-corrected chi connectivity index (χ2v) is 5.26. The SMILES string of the molecule is Cc1cccc(-c2ncc(-c3c[nH]c4ccccc34)[nH]2)c1. The fourth-order valence-corrected chi connectivity index (χ4v) is 2.69. The van der Waals surface area contributed by atoms with Crippen LogP contribution in [0.25, 0.3) is 33.5 Å². The Labute approximate surface area is 122 Å². The molecule has 0 saturated heterocycles. The van der Waals surface area contributed by atoms with Crippen LogP contribution in [0.15, 0.2) is 60.9 Å². The van der Waals surface area contributed by atoms with Gasteiger partial charge in [0.15, 0.2) is 0 Å². The maximum Gasteiger partial charge on any atom is 0.137 e. The van der Waals surface area contributed by atoms with Gasteiger partial charge in [-0.25, -0.2) is 4.98 Å². The van der Waals surface area contributed by atoms with Crippen LogP contribution >= 0.6 is 0 Å². The summed E-state index contributed by atoms with van der Waals surface area (Å²) in [4.78, 5) is 11.2. The number of aromatic nitrogens is 3. The van der Waals surface area contributed by atoms with Crippen LogP contribution in [0, 0.1) is 6.92 Å². The minimum absolute atomic E-state index is 0.902. The molecule has 4 aromatic rings. The lowest BCUT2D eigenvalue weighted by atomic mass is 10.1. The highest BCUT2D eigenvalue weighted by Gasteiger charge is 2.09. The number of imidazole rings is 1. The summed E-state index contributed by atoms with van der Waals surface area (Å²) in [5, 5.41) is 1.21. The number of nitrogens with zero attached hydrogens (tertiary/aromatic N) is 1. The fraction of sp³-hybridized carbons (Fsp3) is 0.0556. The summed E-state index contributed by atoms with van der Waals surface area (Å²) in [6.45, 7) is 2.09. The molecule has 0 aliphatic heterocycles. The Kier molecular flexibility index (Phi) is 2.64. The molecule has 21 heavy (non-hydrogen) atoms.